The first-order chi connectivity index (χ1) is 14.8. The van der Waals surface area contributed by atoms with Crippen molar-refractivity contribution in [1.82, 2.24) is 15.1 Å². The number of amides is 1. The minimum Gasteiger partial charge on any atom is -0.465 e. The summed E-state index contributed by atoms with van der Waals surface area (Å²) in [6, 6.07) is 11.2. The summed E-state index contributed by atoms with van der Waals surface area (Å²) in [5.74, 6) is 0.445. The first kappa shape index (κ1) is 20.9. The molecular formula is C21H19F3N4O3. The fourth-order valence-corrected chi connectivity index (χ4v) is 3.86. The van der Waals surface area contributed by atoms with Gasteiger partial charge in [-0.05, 0) is 18.6 Å². The number of rotatable bonds is 4. The molecule has 1 aromatic heterocycles. The first-order valence-corrected chi connectivity index (χ1v) is 9.58. The van der Waals surface area contributed by atoms with Gasteiger partial charge in [0.15, 0.2) is 5.82 Å². The van der Waals surface area contributed by atoms with Crippen molar-refractivity contribution < 1.29 is 28.2 Å². The van der Waals surface area contributed by atoms with E-state index in [0.29, 0.717) is 34.3 Å². The number of anilines is 1. The zero-order valence-electron chi connectivity index (χ0n) is 16.2. The Morgan fingerprint density at radius 1 is 1.10 bits per heavy atom. The third kappa shape index (κ3) is 4.11. The molecule has 3 N–H and O–H groups in total. The summed E-state index contributed by atoms with van der Waals surface area (Å²) in [6.45, 7) is -0.0824. The molecule has 0 saturated carbocycles. The van der Waals surface area contributed by atoms with E-state index in [-0.39, 0.29) is 19.2 Å². The number of alkyl halides is 3. The molecule has 31 heavy (non-hydrogen) atoms. The monoisotopic (exact) mass is 432 g/mol. The van der Waals surface area contributed by atoms with Gasteiger partial charge < -0.3 is 20.4 Å². The molecule has 7 nitrogen and oxygen atoms in total. The third-order valence-electron chi connectivity index (χ3n) is 5.38. The average molecular weight is 432 g/mol. The van der Waals surface area contributed by atoms with Gasteiger partial charge >= 0.3 is 12.3 Å². The molecule has 2 atom stereocenters. The van der Waals surface area contributed by atoms with E-state index in [4.69, 9.17) is 0 Å². The van der Waals surface area contributed by atoms with E-state index in [1.165, 1.54) is 17.0 Å². The van der Waals surface area contributed by atoms with Crippen LogP contribution in [0.2, 0.25) is 0 Å². The predicted octanol–water partition coefficient (Wildman–Crippen LogP) is 3.84. The van der Waals surface area contributed by atoms with Crippen LogP contribution in [0.4, 0.5) is 23.8 Å². The van der Waals surface area contributed by atoms with Crippen molar-refractivity contribution in [1.29, 1.82) is 0 Å². The SMILES string of the molecule is O=C(O)N1C[C@@H](Nc2nnc(-c3ccc(C(F)(F)F)cc3)c3ccccc23)C[C@@H]1CO. The zero-order valence-corrected chi connectivity index (χ0v) is 16.2. The molecule has 3 aromatic rings. The van der Waals surface area contributed by atoms with Crippen LogP contribution in [0.5, 0.6) is 0 Å². The fourth-order valence-electron chi connectivity index (χ4n) is 3.86. The number of carbonyl (C=O) groups is 1. The van der Waals surface area contributed by atoms with Crippen molar-refractivity contribution in [3.05, 3.63) is 54.1 Å². The molecule has 162 valence electrons. The highest BCUT2D eigenvalue weighted by Crippen LogP contribution is 2.34. The second-order valence-corrected chi connectivity index (χ2v) is 7.37. The summed E-state index contributed by atoms with van der Waals surface area (Å²) in [7, 11) is 0. The van der Waals surface area contributed by atoms with Crippen LogP contribution in [0.25, 0.3) is 22.0 Å². The Bertz CT molecular complexity index is 1110. The molecule has 1 saturated heterocycles. The molecule has 4 rings (SSSR count). The molecule has 2 aromatic carbocycles. The Morgan fingerprint density at radius 2 is 1.77 bits per heavy atom. The maximum Gasteiger partial charge on any atom is 0.416 e. The van der Waals surface area contributed by atoms with Crippen molar-refractivity contribution in [2.24, 2.45) is 0 Å². The molecule has 1 aliphatic rings. The number of aliphatic hydroxyl groups excluding tert-OH is 1. The fraction of sp³-hybridized carbons (Fsp3) is 0.286. The van der Waals surface area contributed by atoms with Crippen LogP contribution >= 0.6 is 0 Å². The van der Waals surface area contributed by atoms with E-state index < -0.39 is 23.9 Å². The molecular weight excluding hydrogens is 413 g/mol. The lowest BCUT2D eigenvalue weighted by Crippen LogP contribution is -2.37. The summed E-state index contributed by atoms with van der Waals surface area (Å²) in [6.07, 6.45) is -5.10. The van der Waals surface area contributed by atoms with Gasteiger partial charge in [-0.2, -0.15) is 13.2 Å². The number of nitrogens with zero attached hydrogens (tertiary/aromatic N) is 3. The van der Waals surface area contributed by atoms with Gasteiger partial charge in [-0.1, -0.05) is 36.4 Å². The lowest BCUT2D eigenvalue weighted by atomic mass is 10.0. The zero-order chi connectivity index (χ0) is 22.2. The summed E-state index contributed by atoms with van der Waals surface area (Å²) in [4.78, 5) is 12.5. The average Bonchev–Trinajstić information content (AvgIpc) is 3.17. The molecule has 0 unspecified atom stereocenters. The maximum atomic E-state index is 12.9. The number of hydrogen-bond acceptors (Lipinski definition) is 5. The summed E-state index contributed by atoms with van der Waals surface area (Å²) in [5, 5.41) is 31.8. The summed E-state index contributed by atoms with van der Waals surface area (Å²) < 4.78 is 38.6. The molecule has 0 aliphatic carbocycles. The van der Waals surface area contributed by atoms with Gasteiger partial charge in [0.25, 0.3) is 0 Å². The van der Waals surface area contributed by atoms with Gasteiger partial charge in [0.1, 0.15) is 5.69 Å². The van der Waals surface area contributed by atoms with Crippen LogP contribution in [0.1, 0.15) is 12.0 Å². The lowest BCUT2D eigenvalue weighted by Gasteiger charge is -2.18. The Hall–Kier alpha value is -3.40. The molecule has 10 heteroatoms. The van der Waals surface area contributed by atoms with Gasteiger partial charge in [-0.25, -0.2) is 4.79 Å². The minimum atomic E-state index is -4.42. The Labute approximate surface area is 175 Å². The maximum absolute atomic E-state index is 12.9. The van der Waals surface area contributed by atoms with Crippen LogP contribution in [-0.2, 0) is 6.18 Å². The van der Waals surface area contributed by atoms with E-state index in [9.17, 15) is 28.2 Å². The number of likely N-dealkylation sites (tertiary alicyclic amines) is 1. The number of nitrogens with one attached hydrogen (secondary N) is 1. The van der Waals surface area contributed by atoms with E-state index in [2.05, 4.69) is 15.5 Å². The van der Waals surface area contributed by atoms with E-state index >= 15 is 0 Å². The number of fused-ring (bicyclic) bond motifs is 1. The molecule has 0 spiro atoms. The van der Waals surface area contributed by atoms with E-state index in [1.54, 1.807) is 18.2 Å². The third-order valence-corrected chi connectivity index (χ3v) is 5.38. The van der Waals surface area contributed by atoms with Crippen molar-refractivity contribution in [3.8, 4) is 11.3 Å². The van der Waals surface area contributed by atoms with Crippen LogP contribution < -0.4 is 5.32 Å². The van der Waals surface area contributed by atoms with Gasteiger partial charge in [0.05, 0.1) is 18.2 Å². The predicted molar refractivity (Wildman–Crippen MR) is 108 cm³/mol. The number of aliphatic hydroxyl groups is 1. The number of carboxylic acid groups (broad SMARTS) is 1. The second kappa shape index (κ2) is 8.03. The van der Waals surface area contributed by atoms with Crippen molar-refractivity contribution in [2.75, 3.05) is 18.5 Å². The topological polar surface area (TPSA) is 98.6 Å². The van der Waals surface area contributed by atoms with Gasteiger partial charge in [-0.15, -0.1) is 10.2 Å². The van der Waals surface area contributed by atoms with E-state index in [1.807, 2.05) is 6.07 Å². The van der Waals surface area contributed by atoms with Crippen molar-refractivity contribution >= 4 is 22.7 Å². The number of hydrogen-bond donors (Lipinski definition) is 3. The van der Waals surface area contributed by atoms with Gasteiger partial charge in [-0.3, -0.25) is 0 Å². The highest BCUT2D eigenvalue weighted by molar-refractivity contribution is 6.00. The molecule has 0 bridgehead atoms. The number of benzene rings is 2. The highest BCUT2D eigenvalue weighted by Gasteiger charge is 2.35. The van der Waals surface area contributed by atoms with Crippen LogP contribution in [0.15, 0.2) is 48.5 Å². The quantitative estimate of drug-likeness (QED) is 0.580. The van der Waals surface area contributed by atoms with Gasteiger partial charge in [0, 0.05) is 28.9 Å². The largest absolute Gasteiger partial charge is 0.465 e. The second-order valence-electron chi connectivity index (χ2n) is 7.37. The molecule has 0 radical (unpaired) electrons. The lowest BCUT2D eigenvalue weighted by molar-refractivity contribution is -0.137. The first-order valence-electron chi connectivity index (χ1n) is 9.58. The standard InChI is InChI=1S/C21H19F3N4O3/c22-21(23,24)13-7-5-12(6-8-13)18-16-3-1-2-4-17(16)19(27-26-18)25-14-9-15(11-29)28(10-14)20(30)31/h1-8,14-15,29H,9-11H2,(H,25,27)(H,30,31)/t14-,15+/m0/s1. The molecule has 2 heterocycles. The van der Waals surface area contributed by atoms with Crippen LogP contribution in [0, 0.1) is 0 Å². The Balaban J connectivity index is 1.66. The number of halogens is 3. The van der Waals surface area contributed by atoms with Crippen LogP contribution in [0.3, 0.4) is 0 Å². The highest BCUT2D eigenvalue weighted by atomic mass is 19.4. The number of aromatic nitrogens is 2. The molecule has 1 amide bonds. The van der Waals surface area contributed by atoms with Crippen molar-refractivity contribution in [3.63, 3.8) is 0 Å². The summed E-state index contributed by atoms with van der Waals surface area (Å²) in [5.41, 5.74) is 0.206. The van der Waals surface area contributed by atoms with Crippen LogP contribution in [-0.4, -0.2) is 56.6 Å². The molecule has 1 aliphatic heterocycles. The smallest absolute Gasteiger partial charge is 0.416 e. The Kier molecular flexibility index (Phi) is 5.40. The normalized spacial score (nSPS) is 19.0. The Morgan fingerprint density at radius 3 is 2.35 bits per heavy atom. The summed E-state index contributed by atoms with van der Waals surface area (Å²) >= 11 is 0. The van der Waals surface area contributed by atoms with Gasteiger partial charge in [0.2, 0.25) is 0 Å². The van der Waals surface area contributed by atoms with Crippen molar-refractivity contribution in [2.45, 2.75) is 24.7 Å². The van der Waals surface area contributed by atoms with E-state index in [0.717, 1.165) is 12.1 Å². The molecule has 1 fully saturated rings. The minimum absolute atomic E-state index is 0.192.